The summed E-state index contributed by atoms with van der Waals surface area (Å²) < 4.78 is 11.0. The Morgan fingerprint density at radius 2 is 1.50 bits per heavy atom. The number of hydrogen-bond donors (Lipinski definition) is 1. The number of ether oxygens (including phenoxy) is 1. The Morgan fingerprint density at radius 1 is 0.912 bits per heavy atom. The summed E-state index contributed by atoms with van der Waals surface area (Å²) in [4.78, 5) is 12.6. The minimum atomic E-state index is -0.548. The first kappa shape index (κ1) is 22.0. The van der Waals surface area contributed by atoms with Gasteiger partial charge in [0.25, 0.3) is 0 Å². The summed E-state index contributed by atoms with van der Waals surface area (Å²) in [6.45, 7) is 5.64. The van der Waals surface area contributed by atoms with Crippen LogP contribution in [-0.4, -0.2) is 11.2 Å². The lowest BCUT2D eigenvalue weighted by Crippen LogP contribution is -2.16. The summed E-state index contributed by atoms with van der Waals surface area (Å²) in [6.07, 6.45) is 1.68. The SMILES string of the molecule is Cc1ccc([C@@H](C)OC(=O)Nc2c(-c3ccc(-c4ccc(C5CC5)cc4)cc3)noc2C)cc1. The van der Waals surface area contributed by atoms with E-state index in [1.54, 1.807) is 6.92 Å². The third kappa shape index (κ3) is 4.74. The molecule has 1 aliphatic carbocycles. The van der Waals surface area contributed by atoms with Crippen LogP contribution in [0.4, 0.5) is 10.5 Å². The van der Waals surface area contributed by atoms with Gasteiger partial charge in [0.2, 0.25) is 0 Å². The van der Waals surface area contributed by atoms with Crippen molar-refractivity contribution in [1.82, 2.24) is 5.16 Å². The Balaban J connectivity index is 1.29. The molecule has 0 unspecified atom stereocenters. The smallest absolute Gasteiger partial charge is 0.412 e. The zero-order valence-corrected chi connectivity index (χ0v) is 19.7. The van der Waals surface area contributed by atoms with Crippen LogP contribution in [0, 0.1) is 13.8 Å². The van der Waals surface area contributed by atoms with Crippen molar-refractivity contribution in [2.24, 2.45) is 0 Å². The van der Waals surface area contributed by atoms with Crippen molar-refractivity contribution in [3.8, 4) is 22.4 Å². The van der Waals surface area contributed by atoms with E-state index in [9.17, 15) is 4.79 Å². The molecule has 3 aromatic carbocycles. The minimum Gasteiger partial charge on any atom is -0.441 e. The van der Waals surface area contributed by atoms with Crippen LogP contribution in [0.25, 0.3) is 22.4 Å². The molecule has 0 bridgehead atoms. The van der Waals surface area contributed by atoms with Gasteiger partial charge in [-0.3, -0.25) is 5.32 Å². The number of aryl methyl sites for hydroxylation is 2. The van der Waals surface area contributed by atoms with E-state index >= 15 is 0 Å². The molecule has 1 heterocycles. The third-order valence-corrected chi connectivity index (χ3v) is 6.37. The highest BCUT2D eigenvalue weighted by atomic mass is 16.6. The van der Waals surface area contributed by atoms with E-state index in [4.69, 9.17) is 9.26 Å². The van der Waals surface area contributed by atoms with Gasteiger partial charge in [0, 0.05) is 5.56 Å². The summed E-state index contributed by atoms with van der Waals surface area (Å²) in [6, 6.07) is 24.9. The lowest BCUT2D eigenvalue weighted by Gasteiger charge is -2.14. The molecular formula is C29H28N2O3. The predicted molar refractivity (Wildman–Crippen MR) is 134 cm³/mol. The van der Waals surface area contributed by atoms with E-state index in [2.05, 4.69) is 46.9 Å². The van der Waals surface area contributed by atoms with Gasteiger partial charge in [-0.2, -0.15) is 0 Å². The number of nitrogens with one attached hydrogen (secondary N) is 1. The van der Waals surface area contributed by atoms with Gasteiger partial charge in [-0.25, -0.2) is 4.79 Å². The highest BCUT2D eigenvalue weighted by Gasteiger charge is 2.23. The molecule has 0 aliphatic heterocycles. The normalized spacial score (nSPS) is 14.0. The van der Waals surface area contributed by atoms with Crippen molar-refractivity contribution in [2.75, 3.05) is 5.32 Å². The quantitative estimate of drug-likeness (QED) is 0.324. The highest BCUT2D eigenvalue weighted by Crippen LogP contribution is 2.40. The molecule has 5 heteroatoms. The van der Waals surface area contributed by atoms with Crippen LogP contribution in [0.5, 0.6) is 0 Å². The Bertz CT molecular complexity index is 1280. The number of benzene rings is 3. The van der Waals surface area contributed by atoms with Crippen LogP contribution in [0.15, 0.2) is 77.3 Å². The molecule has 1 fully saturated rings. The van der Waals surface area contributed by atoms with E-state index in [1.807, 2.05) is 50.2 Å². The van der Waals surface area contributed by atoms with Crippen LogP contribution in [0.1, 0.15) is 54.2 Å². The summed E-state index contributed by atoms with van der Waals surface area (Å²) in [5.41, 5.74) is 7.78. The van der Waals surface area contributed by atoms with Gasteiger partial charge >= 0.3 is 6.09 Å². The number of anilines is 1. The zero-order valence-electron chi connectivity index (χ0n) is 19.7. The molecule has 1 amide bonds. The van der Waals surface area contributed by atoms with Crippen molar-refractivity contribution in [3.05, 3.63) is 95.2 Å². The Kier molecular flexibility index (Phi) is 5.93. The number of aromatic nitrogens is 1. The van der Waals surface area contributed by atoms with Gasteiger partial charge in [-0.05, 0) is 61.8 Å². The van der Waals surface area contributed by atoms with Crippen LogP contribution in [0.2, 0.25) is 0 Å². The highest BCUT2D eigenvalue weighted by molar-refractivity contribution is 5.91. The number of rotatable bonds is 6. The molecule has 0 radical (unpaired) electrons. The standard InChI is InChI=1S/C29H28N2O3/c1-18-4-6-21(7-5-18)19(2)33-29(32)30-27-20(3)34-31-28(27)26-16-14-25(15-17-26)24-12-10-23(11-13-24)22-8-9-22/h4-7,10-17,19,22H,8-9H2,1-3H3,(H,30,32)/t19-/m1/s1. The molecule has 172 valence electrons. The molecule has 0 spiro atoms. The Labute approximate surface area is 199 Å². The van der Waals surface area contributed by atoms with Gasteiger partial charge in [0.05, 0.1) is 0 Å². The summed E-state index contributed by atoms with van der Waals surface area (Å²) in [7, 11) is 0. The Morgan fingerprint density at radius 3 is 2.12 bits per heavy atom. The molecule has 1 saturated carbocycles. The van der Waals surface area contributed by atoms with E-state index < -0.39 is 6.09 Å². The number of carbonyl (C=O) groups excluding carboxylic acids is 1. The monoisotopic (exact) mass is 452 g/mol. The van der Waals surface area contributed by atoms with Crippen LogP contribution in [-0.2, 0) is 4.74 Å². The van der Waals surface area contributed by atoms with E-state index in [-0.39, 0.29) is 6.10 Å². The van der Waals surface area contributed by atoms with Crippen molar-refractivity contribution in [3.63, 3.8) is 0 Å². The zero-order chi connectivity index (χ0) is 23.7. The average Bonchev–Trinajstić information content (AvgIpc) is 3.64. The van der Waals surface area contributed by atoms with Gasteiger partial charge in [-0.1, -0.05) is 83.5 Å². The van der Waals surface area contributed by atoms with Crippen molar-refractivity contribution in [2.45, 2.75) is 45.6 Å². The van der Waals surface area contributed by atoms with Crippen LogP contribution in [0.3, 0.4) is 0 Å². The van der Waals surface area contributed by atoms with Crippen molar-refractivity contribution >= 4 is 11.8 Å². The Hall–Kier alpha value is -3.86. The maximum atomic E-state index is 12.6. The first-order chi connectivity index (χ1) is 16.5. The van der Waals surface area contributed by atoms with E-state index in [1.165, 1.54) is 24.0 Å². The summed E-state index contributed by atoms with van der Waals surface area (Å²) >= 11 is 0. The first-order valence-corrected chi connectivity index (χ1v) is 11.7. The topological polar surface area (TPSA) is 64.4 Å². The molecule has 1 atom stereocenters. The number of hydrogen-bond acceptors (Lipinski definition) is 4. The third-order valence-electron chi connectivity index (χ3n) is 6.37. The van der Waals surface area contributed by atoms with E-state index in [0.29, 0.717) is 17.1 Å². The fourth-order valence-electron chi connectivity index (χ4n) is 4.10. The summed E-state index contributed by atoms with van der Waals surface area (Å²) in [5, 5.41) is 7.00. The van der Waals surface area contributed by atoms with Gasteiger partial charge in [-0.15, -0.1) is 0 Å². The second-order valence-corrected chi connectivity index (χ2v) is 9.02. The molecule has 4 aromatic rings. The number of carbonyl (C=O) groups is 1. The number of nitrogens with zero attached hydrogens (tertiary/aromatic N) is 1. The lowest BCUT2D eigenvalue weighted by atomic mass is 10.00. The molecular weight excluding hydrogens is 424 g/mol. The van der Waals surface area contributed by atoms with Crippen LogP contribution < -0.4 is 5.32 Å². The largest absolute Gasteiger partial charge is 0.441 e. The molecule has 0 saturated heterocycles. The predicted octanol–water partition coefficient (Wildman–Crippen LogP) is 7.81. The molecule has 5 rings (SSSR count). The maximum absolute atomic E-state index is 12.6. The number of amides is 1. The first-order valence-electron chi connectivity index (χ1n) is 11.7. The average molecular weight is 453 g/mol. The minimum absolute atomic E-state index is 0.380. The van der Waals surface area contributed by atoms with Crippen LogP contribution >= 0.6 is 0 Å². The van der Waals surface area contributed by atoms with Gasteiger partial charge in [0.1, 0.15) is 17.5 Å². The van der Waals surface area contributed by atoms with E-state index in [0.717, 1.165) is 28.2 Å². The maximum Gasteiger partial charge on any atom is 0.412 e. The van der Waals surface area contributed by atoms with Crippen molar-refractivity contribution in [1.29, 1.82) is 0 Å². The fraction of sp³-hybridized carbons (Fsp3) is 0.241. The summed E-state index contributed by atoms with van der Waals surface area (Å²) in [5.74, 6) is 1.28. The molecule has 5 nitrogen and oxygen atoms in total. The molecule has 1 aliphatic rings. The van der Waals surface area contributed by atoms with Crippen molar-refractivity contribution < 1.29 is 14.1 Å². The molecule has 34 heavy (non-hydrogen) atoms. The lowest BCUT2D eigenvalue weighted by molar-refractivity contribution is 0.121. The fourth-order valence-corrected chi connectivity index (χ4v) is 4.10. The second-order valence-electron chi connectivity index (χ2n) is 9.02. The van der Waals surface area contributed by atoms with Gasteiger partial charge in [0.15, 0.2) is 5.76 Å². The molecule has 1 N–H and O–H groups in total. The van der Waals surface area contributed by atoms with Gasteiger partial charge < -0.3 is 9.26 Å². The second kappa shape index (κ2) is 9.18. The molecule has 1 aromatic heterocycles.